The lowest BCUT2D eigenvalue weighted by Gasteiger charge is -2.06. The molecule has 0 saturated heterocycles. The standard InChI is InChI=1S/C12H8ClF2N3O/c1-6-2-7(9(15)3-8(6)14)12(19)18-11-4-10(13)16-5-17-11/h2-5H,1H3,(H,16,17,18,19). The molecule has 0 aliphatic heterocycles. The Morgan fingerprint density at radius 3 is 2.63 bits per heavy atom. The third-order valence-electron chi connectivity index (χ3n) is 2.37. The molecule has 0 aliphatic rings. The Balaban J connectivity index is 2.28. The molecule has 0 bridgehead atoms. The van der Waals surface area contributed by atoms with Gasteiger partial charge in [0, 0.05) is 12.1 Å². The van der Waals surface area contributed by atoms with Crippen molar-refractivity contribution in [3.8, 4) is 0 Å². The molecular formula is C12H8ClF2N3O. The van der Waals surface area contributed by atoms with Crippen molar-refractivity contribution in [1.82, 2.24) is 9.97 Å². The molecule has 0 aliphatic carbocycles. The maximum Gasteiger partial charge on any atom is 0.259 e. The highest BCUT2D eigenvalue weighted by Gasteiger charge is 2.15. The number of carbonyl (C=O) groups excluding carboxylic acids is 1. The van der Waals surface area contributed by atoms with Gasteiger partial charge in [-0.3, -0.25) is 4.79 Å². The second kappa shape index (κ2) is 5.27. The Bertz CT molecular complexity index is 649. The molecule has 2 aromatic rings. The number of halogens is 3. The van der Waals surface area contributed by atoms with Crippen LogP contribution >= 0.6 is 11.6 Å². The minimum Gasteiger partial charge on any atom is -0.306 e. The van der Waals surface area contributed by atoms with Gasteiger partial charge in [-0.15, -0.1) is 0 Å². The number of nitrogens with zero attached hydrogens (tertiary/aromatic N) is 2. The number of hydrogen-bond donors (Lipinski definition) is 1. The van der Waals surface area contributed by atoms with Gasteiger partial charge in [0.2, 0.25) is 0 Å². The fraction of sp³-hybridized carbons (Fsp3) is 0.0833. The highest BCUT2D eigenvalue weighted by molar-refractivity contribution is 6.29. The number of aryl methyl sites for hydroxylation is 1. The normalized spacial score (nSPS) is 10.3. The van der Waals surface area contributed by atoms with E-state index < -0.39 is 17.5 Å². The topological polar surface area (TPSA) is 54.9 Å². The smallest absolute Gasteiger partial charge is 0.259 e. The summed E-state index contributed by atoms with van der Waals surface area (Å²) in [5.41, 5.74) is -0.0964. The molecule has 1 aromatic heterocycles. The number of nitrogens with one attached hydrogen (secondary N) is 1. The average molecular weight is 284 g/mol. The number of amides is 1. The van der Waals surface area contributed by atoms with Gasteiger partial charge in [-0.1, -0.05) is 11.6 Å². The summed E-state index contributed by atoms with van der Waals surface area (Å²) >= 11 is 5.63. The maximum absolute atomic E-state index is 13.5. The number of aromatic nitrogens is 2. The second-order valence-electron chi connectivity index (χ2n) is 3.76. The van der Waals surface area contributed by atoms with Gasteiger partial charge >= 0.3 is 0 Å². The van der Waals surface area contributed by atoms with Gasteiger partial charge in [0.05, 0.1) is 5.56 Å². The van der Waals surface area contributed by atoms with Crippen LogP contribution in [0.1, 0.15) is 15.9 Å². The summed E-state index contributed by atoms with van der Waals surface area (Å²) in [4.78, 5) is 19.2. The van der Waals surface area contributed by atoms with Crippen LogP contribution in [0, 0.1) is 18.6 Å². The van der Waals surface area contributed by atoms with Gasteiger partial charge < -0.3 is 5.32 Å². The first-order valence-corrected chi connectivity index (χ1v) is 5.59. The van der Waals surface area contributed by atoms with Crippen molar-refractivity contribution >= 4 is 23.3 Å². The molecule has 0 radical (unpaired) electrons. The molecule has 0 fully saturated rings. The lowest BCUT2D eigenvalue weighted by Crippen LogP contribution is -2.15. The first-order chi connectivity index (χ1) is 8.97. The van der Waals surface area contributed by atoms with Gasteiger partial charge in [-0.05, 0) is 18.6 Å². The van der Waals surface area contributed by atoms with E-state index in [-0.39, 0.29) is 22.1 Å². The molecule has 0 spiro atoms. The Morgan fingerprint density at radius 2 is 1.95 bits per heavy atom. The average Bonchev–Trinajstić information content (AvgIpc) is 2.33. The molecule has 0 saturated carbocycles. The second-order valence-corrected chi connectivity index (χ2v) is 4.15. The molecule has 1 heterocycles. The molecule has 0 atom stereocenters. The van der Waals surface area contributed by atoms with Crippen molar-refractivity contribution in [2.45, 2.75) is 6.92 Å². The molecule has 1 amide bonds. The highest BCUT2D eigenvalue weighted by atomic mass is 35.5. The zero-order valence-electron chi connectivity index (χ0n) is 9.75. The quantitative estimate of drug-likeness (QED) is 0.862. The Labute approximate surface area is 112 Å². The van der Waals surface area contributed by atoms with Crippen LogP contribution in [0.3, 0.4) is 0 Å². The van der Waals surface area contributed by atoms with E-state index in [1.807, 2.05) is 0 Å². The van der Waals surface area contributed by atoms with Gasteiger partial charge in [0.15, 0.2) is 0 Å². The number of carbonyl (C=O) groups is 1. The molecule has 19 heavy (non-hydrogen) atoms. The summed E-state index contributed by atoms with van der Waals surface area (Å²) in [7, 11) is 0. The van der Waals surface area contributed by atoms with Gasteiger partial charge in [-0.2, -0.15) is 0 Å². The lowest BCUT2D eigenvalue weighted by molar-refractivity contribution is 0.102. The van der Waals surface area contributed by atoms with Crippen molar-refractivity contribution < 1.29 is 13.6 Å². The Morgan fingerprint density at radius 1 is 1.21 bits per heavy atom. The largest absolute Gasteiger partial charge is 0.306 e. The minimum atomic E-state index is -0.944. The third kappa shape index (κ3) is 3.03. The molecule has 2 rings (SSSR count). The summed E-state index contributed by atoms with van der Waals surface area (Å²) < 4.78 is 26.6. The van der Waals surface area contributed by atoms with Crippen LogP contribution in [0.15, 0.2) is 24.5 Å². The van der Waals surface area contributed by atoms with Gasteiger partial charge in [-0.25, -0.2) is 18.7 Å². The first-order valence-electron chi connectivity index (χ1n) is 5.22. The first kappa shape index (κ1) is 13.4. The molecule has 1 aromatic carbocycles. The van der Waals surface area contributed by atoms with Crippen molar-refractivity contribution in [2.75, 3.05) is 5.32 Å². The number of benzene rings is 1. The van der Waals surface area contributed by atoms with Crippen LogP contribution in [0.4, 0.5) is 14.6 Å². The molecule has 98 valence electrons. The number of rotatable bonds is 2. The summed E-state index contributed by atoms with van der Waals surface area (Å²) in [6.45, 7) is 1.44. The number of anilines is 1. The maximum atomic E-state index is 13.5. The molecular weight excluding hydrogens is 276 g/mol. The SMILES string of the molecule is Cc1cc(C(=O)Nc2cc(Cl)ncn2)c(F)cc1F. The van der Waals surface area contributed by atoms with Crippen LogP contribution < -0.4 is 5.32 Å². The van der Waals surface area contributed by atoms with Crippen molar-refractivity contribution in [3.05, 3.63) is 52.4 Å². The van der Waals surface area contributed by atoms with Crippen molar-refractivity contribution in [1.29, 1.82) is 0 Å². The molecule has 1 N–H and O–H groups in total. The molecule has 4 nitrogen and oxygen atoms in total. The van der Waals surface area contributed by atoms with E-state index in [9.17, 15) is 13.6 Å². The van der Waals surface area contributed by atoms with E-state index >= 15 is 0 Å². The zero-order chi connectivity index (χ0) is 14.0. The summed E-state index contributed by atoms with van der Waals surface area (Å²) in [6, 6.07) is 3.10. The van der Waals surface area contributed by atoms with E-state index in [1.165, 1.54) is 13.0 Å². The summed E-state index contributed by atoms with van der Waals surface area (Å²) in [5.74, 6) is -2.26. The predicted octanol–water partition coefficient (Wildman–Crippen LogP) is 2.97. The van der Waals surface area contributed by atoms with E-state index in [1.54, 1.807) is 0 Å². The van der Waals surface area contributed by atoms with Crippen LogP contribution in [0.2, 0.25) is 5.15 Å². The third-order valence-corrected chi connectivity index (χ3v) is 2.57. The Kier molecular flexibility index (Phi) is 3.71. The van der Waals surface area contributed by atoms with Crippen molar-refractivity contribution in [3.63, 3.8) is 0 Å². The summed E-state index contributed by atoms with van der Waals surface area (Å²) in [5, 5.41) is 2.49. The zero-order valence-corrected chi connectivity index (χ0v) is 10.5. The van der Waals surface area contributed by atoms with E-state index in [4.69, 9.17) is 11.6 Å². The number of hydrogen-bond acceptors (Lipinski definition) is 3. The monoisotopic (exact) mass is 283 g/mol. The predicted molar refractivity (Wildman–Crippen MR) is 66.1 cm³/mol. The summed E-state index contributed by atoms with van der Waals surface area (Å²) in [6.07, 6.45) is 1.16. The van der Waals surface area contributed by atoms with E-state index in [0.29, 0.717) is 6.07 Å². The van der Waals surface area contributed by atoms with Crippen LogP contribution in [0.5, 0.6) is 0 Å². The van der Waals surface area contributed by atoms with Crippen molar-refractivity contribution in [2.24, 2.45) is 0 Å². The molecule has 7 heteroatoms. The highest BCUT2D eigenvalue weighted by Crippen LogP contribution is 2.16. The van der Waals surface area contributed by atoms with E-state index in [2.05, 4.69) is 15.3 Å². The fourth-order valence-corrected chi connectivity index (χ4v) is 1.56. The Hall–Kier alpha value is -2.08. The minimum absolute atomic E-state index is 0.131. The fourth-order valence-electron chi connectivity index (χ4n) is 1.42. The van der Waals surface area contributed by atoms with Crippen LogP contribution in [0.25, 0.3) is 0 Å². The van der Waals surface area contributed by atoms with Gasteiger partial charge in [0.1, 0.15) is 28.9 Å². The lowest BCUT2D eigenvalue weighted by atomic mass is 10.1. The van der Waals surface area contributed by atoms with Gasteiger partial charge in [0.25, 0.3) is 5.91 Å². The van der Waals surface area contributed by atoms with Crippen LogP contribution in [-0.4, -0.2) is 15.9 Å². The van der Waals surface area contributed by atoms with E-state index in [0.717, 1.165) is 12.4 Å². The molecule has 0 unspecified atom stereocenters. The van der Waals surface area contributed by atoms with Crippen LogP contribution in [-0.2, 0) is 0 Å².